The second-order valence-electron chi connectivity index (χ2n) is 5.29. The third-order valence-corrected chi connectivity index (χ3v) is 3.60. The first-order valence-electron chi connectivity index (χ1n) is 6.47. The third kappa shape index (κ3) is 2.96. The molecule has 1 heterocycles. The van der Waals surface area contributed by atoms with E-state index in [9.17, 15) is 14.0 Å². The van der Waals surface area contributed by atoms with Crippen LogP contribution in [-0.4, -0.2) is 30.1 Å². The Morgan fingerprint density at radius 3 is 2.75 bits per heavy atom. The molecule has 1 atom stereocenters. The van der Waals surface area contributed by atoms with Gasteiger partial charge in [0.05, 0.1) is 11.0 Å². The first-order valence-corrected chi connectivity index (χ1v) is 6.47. The number of halogens is 1. The lowest BCUT2D eigenvalue weighted by Gasteiger charge is -2.32. The van der Waals surface area contributed by atoms with Crippen molar-refractivity contribution in [3.05, 3.63) is 29.6 Å². The van der Waals surface area contributed by atoms with Crippen molar-refractivity contribution < 1.29 is 19.1 Å². The van der Waals surface area contributed by atoms with Crippen LogP contribution in [0.3, 0.4) is 0 Å². The fourth-order valence-electron chi connectivity index (χ4n) is 2.30. The van der Waals surface area contributed by atoms with Gasteiger partial charge in [-0.15, -0.1) is 0 Å². The SMILES string of the molecule is CC1(C(=O)Nc2ccc(C(=O)O)c(F)c2)CCCNC1. The molecular weight excluding hydrogens is 263 g/mol. The van der Waals surface area contributed by atoms with Gasteiger partial charge in [0.15, 0.2) is 0 Å². The van der Waals surface area contributed by atoms with Gasteiger partial charge >= 0.3 is 5.97 Å². The Bertz CT molecular complexity index is 539. The molecule has 1 fully saturated rings. The molecule has 20 heavy (non-hydrogen) atoms. The maximum absolute atomic E-state index is 13.5. The zero-order chi connectivity index (χ0) is 14.8. The van der Waals surface area contributed by atoms with Gasteiger partial charge < -0.3 is 15.7 Å². The lowest BCUT2D eigenvalue weighted by atomic mass is 9.82. The number of carboxylic acid groups (broad SMARTS) is 1. The monoisotopic (exact) mass is 280 g/mol. The summed E-state index contributed by atoms with van der Waals surface area (Å²) in [4.78, 5) is 22.9. The molecule has 1 aliphatic heterocycles. The minimum atomic E-state index is -1.33. The van der Waals surface area contributed by atoms with Gasteiger partial charge in [-0.05, 0) is 44.5 Å². The molecule has 1 saturated heterocycles. The maximum Gasteiger partial charge on any atom is 0.338 e. The van der Waals surface area contributed by atoms with Crippen molar-refractivity contribution in [2.75, 3.05) is 18.4 Å². The minimum absolute atomic E-state index is 0.188. The number of hydrogen-bond donors (Lipinski definition) is 3. The fourth-order valence-corrected chi connectivity index (χ4v) is 2.30. The van der Waals surface area contributed by atoms with E-state index >= 15 is 0 Å². The Morgan fingerprint density at radius 1 is 1.45 bits per heavy atom. The number of nitrogens with one attached hydrogen (secondary N) is 2. The number of benzene rings is 1. The second kappa shape index (κ2) is 5.58. The van der Waals surface area contributed by atoms with Crippen LogP contribution in [0.5, 0.6) is 0 Å². The maximum atomic E-state index is 13.5. The predicted octanol–water partition coefficient (Wildman–Crippen LogP) is 1.85. The molecule has 108 valence electrons. The standard InChI is InChI=1S/C14H17FN2O3/c1-14(5-2-6-16-8-14)13(20)17-9-3-4-10(12(18)19)11(15)7-9/h3-4,7,16H,2,5-6,8H2,1H3,(H,17,20)(H,18,19). The molecule has 0 spiro atoms. The molecule has 5 nitrogen and oxygen atoms in total. The van der Waals surface area contributed by atoms with Crippen molar-refractivity contribution >= 4 is 17.6 Å². The van der Waals surface area contributed by atoms with E-state index in [2.05, 4.69) is 10.6 Å². The number of carbonyl (C=O) groups excluding carboxylic acids is 1. The molecule has 2 rings (SSSR count). The lowest BCUT2D eigenvalue weighted by Crippen LogP contribution is -2.46. The van der Waals surface area contributed by atoms with Crippen LogP contribution in [-0.2, 0) is 4.79 Å². The third-order valence-electron chi connectivity index (χ3n) is 3.60. The molecule has 1 aromatic rings. The quantitative estimate of drug-likeness (QED) is 0.789. The summed E-state index contributed by atoms with van der Waals surface area (Å²) in [5.74, 6) is -2.38. The van der Waals surface area contributed by atoms with E-state index in [1.54, 1.807) is 0 Å². The smallest absolute Gasteiger partial charge is 0.338 e. The van der Waals surface area contributed by atoms with Crippen molar-refractivity contribution in [1.29, 1.82) is 0 Å². The van der Waals surface area contributed by atoms with Gasteiger partial charge in [-0.25, -0.2) is 9.18 Å². The summed E-state index contributed by atoms with van der Waals surface area (Å²) < 4.78 is 13.5. The van der Waals surface area contributed by atoms with E-state index < -0.39 is 22.8 Å². The van der Waals surface area contributed by atoms with E-state index in [0.29, 0.717) is 6.54 Å². The van der Waals surface area contributed by atoms with Crippen molar-refractivity contribution in [2.45, 2.75) is 19.8 Å². The molecule has 1 amide bonds. The van der Waals surface area contributed by atoms with Gasteiger partial charge in [0, 0.05) is 12.2 Å². The van der Waals surface area contributed by atoms with E-state index in [1.807, 2.05) is 6.92 Å². The number of piperidine rings is 1. The first kappa shape index (κ1) is 14.5. The predicted molar refractivity (Wildman–Crippen MR) is 72.2 cm³/mol. The summed E-state index contributed by atoms with van der Waals surface area (Å²) in [5, 5.41) is 14.6. The highest BCUT2D eigenvalue weighted by Gasteiger charge is 2.34. The van der Waals surface area contributed by atoms with Crippen molar-refractivity contribution in [2.24, 2.45) is 5.41 Å². The lowest BCUT2D eigenvalue weighted by molar-refractivity contribution is -0.125. The fraction of sp³-hybridized carbons (Fsp3) is 0.429. The second-order valence-corrected chi connectivity index (χ2v) is 5.29. The molecule has 1 unspecified atom stereocenters. The summed E-state index contributed by atoms with van der Waals surface area (Å²) >= 11 is 0. The van der Waals surface area contributed by atoms with E-state index in [0.717, 1.165) is 31.5 Å². The Labute approximate surface area is 116 Å². The summed E-state index contributed by atoms with van der Waals surface area (Å²) in [6.07, 6.45) is 1.68. The van der Waals surface area contributed by atoms with Gasteiger partial charge in [0.2, 0.25) is 5.91 Å². The topological polar surface area (TPSA) is 78.4 Å². The van der Waals surface area contributed by atoms with E-state index in [1.165, 1.54) is 6.07 Å². The Kier molecular flexibility index (Phi) is 4.04. The molecule has 1 aliphatic rings. The van der Waals surface area contributed by atoms with Gasteiger partial charge in [0.25, 0.3) is 0 Å². The number of hydrogen-bond acceptors (Lipinski definition) is 3. The minimum Gasteiger partial charge on any atom is -0.478 e. The molecule has 3 N–H and O–H groups in total. The highest BCUT2D eigenvalue weighted by molar-refractivity contribution is 5.96. The summed E-state index contributed by atoms with van der Waals surface area (Å²) in [5.41, 5.74) is -0.668. The van der Waals surface area contributed by atoms with Crippen molar-refractivity contribution in [1.82, 2.24) is 5.32 Å². The van der Waals surface area contributed by atoms with Crippen LogP contribution in [0.25, 0.3) is 0 Å². The Morgan fingerprint density at radius 2 is 2.20 bits per heavy atom. The number of aromatic carboxylic acids is 1. The summed E-state index contributed by atoms with van der Waals surface area (Å²) in [6.45, 7) is 3.33. The number of carboxylic acids is 1. The average Bonchev–Trinajstić information content (AvgIpc) is 2.39. The summed E-state index contributed by atoms with van der Waals surface area (Å²) in [7, 11) is 0. The van der Waals surface area contributed by atoms with Crippen LogP contribution in [0.15, 0.2) is 18.2 Å². The van der Waals surface area contributed by atoms with Gasteiger partial charge in [-0.2, -0.15) is 0 Å². The molecule has 6 heteroatoms. The largest absolute Gasteiger partial charge is 0.478 e. The molecular formula is C14H17FN2O3. The average molecular weight is 280 g/mol. The number of anilines is 1. The molecule has 0 aromatic heterocycles. The zero-order valence-corrected chi connectivity index (χ0v) is 11.2. The Hall–Kier alpha value is -1.95. The molecule has 1 aromatic carbocycles. The van der Waals surface area contributed by atoms with Crippen molar-refractivity contribution in [3.63, 3.8) is 0 Å². The summed E-state index contributed by atoms with van der Waals surface area (Å²) in [6, 6.07) is 3.57. The zero-order valence-electron chi connectivity index (χ0n) is 11.2. The van der Waals surface area contributed by atoms with Crippen LogP contribution >= 0.6 is 0 Å². The van der Waals surface area contributed by atoms with Gasteiger partial charge in [0.1, 0.15) is 5.82 Å². The van der Waals surface area contributed by atoms with Gasteiger partial charge in [-0.3, -0.25) is 4.79 Å². The highest BCUT2D eigenvalue weighted by atomic mass is 19.1. The number of amides is 1. The number of carbonyl (C=O) groups is 2. The Balaban J connectivity index is 2.12. The van der Waals surface area contributed by atoms with Crippen LogP contribution in [0, 0.1) is 11.2 Å². The van der Waals surface area contributed by atoms with Crippen LogP contribution < -0.4 is 10.6 Å². The van der Waals surface area contributed by atoms with Crippen LogP contribution in [0.2, 0.25) is 0 Å². The van der Waals surface area contributed by atoms with E-state index in [4.69, 9.17) is 5.11 Å². The molecule has 0 bridgehead atoms. The molecule has 0 radical (unpaired) electrons. The van der Waals surface area contributed by atoms with Crippen LogP contribution in [0.1, 0.15) is 30.1 Å². The molecule has 0 aliphatic carbocycles. The first-order chi connectivity index (χ1) is 9.42. The molecule has 0 saturated carbocycles. The van der Waals surface area contributed by atoms with Crippen molar-refractivity contribution in [3.8, 4) is 0 Å². The van der Waals surface area contributed by atoms with Crippen LogP contribution in [0.4, 0.5) is 10.1 Å². The highest BCUT2D eigenvalue weighted by Crippen LogP contribution is 2.27. The number of rotatable bonds is 3. The van der Waals surface area contributed by atoms with E-state index in [-0.39, 0.29) is 11.6 Å². The normalized spacial score (nSPS) is 22.3. The van der Waals surface area contributed by atoms with Gasteiger partial charge in [-0.1, -0.05) is 0 Å².